The maximum absolute atomic E-state index is 10.1. The minimum Gasteiger partial charge on any atom is -0.460 e. The summed E-state index contributed by atoms with van der Waals surface area (Å²) in [6, 6.07) is 25.1. The van der Waals surface area contributed by atoms with E-state index >= 15 is 0 Å². The molecule has 378 valence electrons. The first kappa shape index (κ1) is 53.2. The van der Waals surface area contributed by atoms with Crippen molar-refractivity contribution in [2.24, 2.45) is 22.9 Å². The maximum atomic E-state index is 10.1. The highest BCUT2D eigenvalue weighted by molar-refractivity contribution is 8.00. The van der Waals surface area contributed by atoms with Crippen molar-refractivity contribution >= 4 is 17.5 Å². The third-order valence-electron chi connectivity index (χ3n) is 15.1. The van der Waals surface area contributed by atoms with Gasteiger partial charge in [-0.05, 0) is 110 Å². The second-order valence-corrected chi connectivity index (χ2v) is 21.4. The number of rotatable bonds is 32. The molecule has 3 aromatic carbocycles. The molecule has 3 aromatic rings. The third-order valence-corrected chi connectivity index (χ3v) is 16.5. The number of fused-ring (bicyclic) bond motifs is 2. The summed E-state index contributed by atoms with van der Waals surface area (Å²) in [7, 11) is 0. The molecule has 2 aliphatic heterocycles. The number of allylic oxidation sites excluding steroid dienone is 1. The smallest absolute Gasteiger partial charge is 0.230 e. The van der Waals surface area contributed by atoms with Gasteiger partial charge in [0.05, 0.1) is 30.1 Å². The predicted molar refractivity (Wildman–Crippen MR) is 284 cm³/mol. The first-order valence-corrected chi connectivity index (χ1v) is 28.4. The molecule has 2 heterocycles. The normalized spacial score (nSPS) is 24.5. The molecule has 7 rings (SSSR count). The van der Waals surface area contributed by atoms with Crippen molar-refractivity contribution in [3.8, 4) is 28.4 Å². The van der Waals surface area contributed by atoms with Crippen LogP contribution in [-0.4, -0.2) is 65.4 Å². The van der Waals surface area contributed by atoms with Gasteiger partial charge in [0.1, 0.15) is 17.2 Å². The molecular formula is C60H85NO7S. The summed E-state index contributed by atoms with van der Waals surface area (Å²) in [5, 5.41) is 25.0. The number of aliphatic hydroxyl groups is 2. The molecule has 2 aliphatic carbocycles. The van der Waals surface area contributed by atoms with Gasteiger partial charge in [-0.1, -0.05) is 163 Å². The quantitative estimate of drug-likeness (QED) is 0.0363. The van der Waals surface area contributed by atoms with Crippen LogP contribution in [-0.2, 0) is 14.3 Å². The average molecular weight is 964 g/mol. The highest BCUT2D eigenvalue weighted by Crippen LogP contribution is 2.63. The van der Waals surface area contributed by atoms with E-state index in [1.165, 1.54) is 89.0 Å². The highest BCUT2D eigenvalue weighted by Gasteiger charge is 2.64. The molecular weight excluding hydrogens is 879 g/mol. The Balaban J connectivity index is 1.17. The van der Waals surface area contributed by atoms with Crippen molar-refractivity contribution in [1.82, 2.24) is 0 Å². The van der Waals surface area contributed by atoms with E-state index in [1.807, 2.05) is 42.1 Å². The number of oxime groups is 1. The number of ether oxygens (including phenoxy) is 4. The van der Waals surface area contributed by atoms with E-state index in [9.17, 15) is 10.2 Å². The van der Waals surface area contributed by atoms with Crippen LogP contribution >= 0.6 is 11.8 Å². The Bertz CT molecular complexity index is 2000. The van der Waals surface area contributed by atoms with Crippen LogP contribution in [0.1, 0.15) is 173 Å². The highest BCUT2D eigenvalue weighted by atomic mass is 32.2. The van der Waals surface area contributed by atoms with Crippen LogP contribution in [0.3, 0.4) is 0 Å². The van der Waals surface area contributed by atoms with Crippen LogP contribution in [0.5, 0.6) is 17.2 Å². The molecule has 0 spiro atoms. The van der Waals surface area contributed by atoms with E-state index in [2.05, 4.69) is 68.1 Å². The van der Waals surface area contributed by atoms with Crippen molar-refractivity contribution in [2.45, 2.75) is 184 Å². The first-order valence-electron chi connectivity index (χ1n) is 27.4. The Hall–Kier alpha value is -3.60. The van der Waals surface area contributed by atoms with Crippen LogP contribution < -0.4 is 9.47 Å². The van der Waals surface area contributed by atoms with Crippen LogP contribution in [0.15, 0.2) is 102 Å². The summed E-state index contributed by atoms with van der Waals surface area (Å²) in [6.45, 7) is 7.81. The molecule has 0 bridgehead atoms. The van der Waals surface area contributed by atoms with Crippen LogP contribution in [0.2, 0.25) is 0 Å². The minimum absolute atomic E-state index is 0.000907. The summed E-state index contributed by atoms with van der Waals surface area (Å²) in [4.78, 5) is 6.36. The molecule has 8 nitrogen and oxygen atoms in total. The van der Waals surface area contributed by atoms with Crippen molar-refractivity contribution in [2.75, 3.05) is 32.2 Å². The fraction of sp³-hybridized carbons (Fsp3) is 0.617. The van der Waals surface area contributed by atoms with E-state index in [-0.39, 0.29) is 48.4 Å². The lowest BCUT2D eigenvalue weighted by atomic mass is 9.56. The van der Waals surface area contributed by atoms with E-state index in [4.69, 9.17) is 28.9 Å². The van der Waals surface area contributed by atoms with E-state index in [1.54, 1.807) is 0 Å². The molecule has 1 saturated heterocycles. The summed E-state index contributed by atoms with van der Waals surface area (Å²) in [5.74, 6) is 2.64. The fourth-order valence-corrected chi connectivity index (χ4v) is 12.9. The number of nitrogens with zero attached hydrogens (tertiary/aromatic N) is 1. The van der Waals surface area contributed by atoms with Gasteiger partial charge in [0.25, 0.3) is 0 Å². The van der Waals surface area contributed by atoms with Gasteiger partial charge in [-0.25, -0.2) is 0 Å². The van der Waals surface area contributed by atoms with Crippen molar-refractivity contribution < 1.29 is 34.0 Å². The van der Waals surface area contributed by atoms with Gasteiger partial charge in [-0.2, -0.15) is 11.8 Å². The molecule has 0 aromatic heterocycles. The SMILES string of the molecule is C=CCO[C@@]12Oc3ccc(Oc4ccc(-c5ccccc5)cc4)cc3[C@H]3[C@H](CCCCO)[C@@H](CCCCO)C=C(C(=NOC4CCCCO4)C[C@@H]1SCCCCCCCCCCCCCCCC)[C@H]32. The summed E-state index contributed by atoms with van der Waals surface area (Å²) in [6.07, 6.45) is 31.5. The zero-order valence-corrected chi connectivity index (χ0v) is 42.9. The summed E-state index contributed by atoms with van der Waals surface area (Å²) >= 11 is 1.98. The number of benzene rings is 3. The number of unbranched alkanes of at least 4 members (excludes halogenated alkanes) is 15. The average Bonchev–Trinajstić information content (AvgIpc) is 3.38. The molecule has 0 radical (unpaired) electrons. The molecule has 7 atom stereocenters. The second kappa shape index (κ2) is 29.0. The Morgan fingerprint density at radius 3 is 2.09 bits per heavy atom. The fourth-order valence-electron chi connectivity index (χ4n) is 11.5. The lowest BCUT2D eigenvalue weighted by Crippen LogP contribution is -2.64. The lowest BCUT2D eigenvalue weighted by molar-refractivity contribution is -0.223. The van der Waals surface area contributed by atoms with Gasteiger partial charge >= 0.3 is 0 Å². The predicted octanol–water partition coefficient (Wildman–Crippen LogP) is 15.5. The van der Waals surface area contributed by atoms with Gasteiger partial charge < -0.3 is 34.0 Å². The summed E-state index contributed by atoms with van der Waals surface area (Å²) < 4.78 is 27.4. The zero-order chi connectivity index (χ0) is 47.9. The third kappa shape index (κ3) is 15.0. The minimum atomic E-state index is -0.986. The first-order chi connectivity index (χ1) is 34.1. The molecule has 9 heteroatoms. The topological polar surface area (TPSA) is 99.0 Å². The van der Waals surface area contributed by atoms with Crippen LogP contribution in [0, 0.1) is 17.8 Å². The van der Waals surface area contributed by atoms with E-state index in [0.717, 1.165) is 110 Å². The molecule has 69 heavy (non-hydrogen) atoms. The van der Waals surface area contributed by atoms with Crippen molar-refractivity contribution in [3.05, 3.63) is 103 Å². The van der Waals surface area contributed by atoms with Gasteiger partial charge in [0.15, 0.2) is 0 Å². The van der Waals surface area contributed by atoms with E-state index < -0.39 is 5.79 Å². The Morgan fingerprint density at radius 1 is 0.754 bits per heavy atom. The van der Waals surface area contributed by atoms with Gasteiger partial charge in [-0.15, -0.1) is 6.58 Å². The maximum Gasteiger partial charge on any atom is 0.230 e. The van der Waals surface area contributed by atoms with Crippen molar-refractivity contribution in [3.63, 3.8) is 0 Å². The number of thioether (sulfide) groups is 1. The molecule has 4 aliphatic rings. The zero-order valence-electron chi connectivity index (χ0n) is 42.1. The second-order valence-electron chi connectivity index (χ2n) is 20.1. The molecule has 2 fully saturated rings. The Kier molecular flexibility index (Phi) is 22.4. The number of aliphatic hydroxyl groups excluding tert-OH is 2. The molecule has 2 N–H and O–H groups in total. The number of hydrogen-bond donors (Lipinski definition) is 2. The van der Waals surface area contributed by atoms with E-state index in [0.29, 0.717) is 19.6 Å². The Labute approximate surface area is 420 Å². The van der Waals surface area contributed by atoms with Gasteiger partial charge in [-0.3, -0.25) is 0 Å². The monoisotopic (exact) mass is 964 g/mol. The number of hydrogen-bond acceptors (Lipinski definition) is 9. The largest absolute Gasteiger partial charge is 0.460 e. The van der Waals surface area contributed by atoms with Gasteiger partial charge in [0, 0.05) is 37.5 Å². The molecule has 0 amide bonds. The molecule has 1 unspecified atom stereocenters. The lowest BCUT2D eigenvalue weighted by Gasteiger charge is -2.58. The summed E-state index contributed by atoms with van der Waals surface area (Å²) in [5.41, 5.74) is 5.55. The standard InChI is InChI=1S/C60H85NO7S/c1-3-5-6-7-8-9-10-11-12-13-14-15-16-26-42-69-56-45-54(61-68-57-31-22-25-41-64-57)52-43-48(29-20-23-38-62)51(30-21-24-39-63)58-53-44-50(36-37-55(53)67-60(56,59(52)58)65-40-4-2)66-49-34-32-47(33-35-49)46-27-18-17-19-28-46/h4,17-19,27-28,32-37,43-44,48,51,56-59,62-63H,2-3,5-16,20-26,29-31,38-42,45H2,1H3/t48-,51+,56-,57?,58+,59+,60+/m0/s1. The molecule has 1 saturated carbocycles. The van der Waals surface area contributed by atoms with Crippen molar-refractivity contribution in [1.29, 1.82) is 0 Å². The Morgan fingerprint density at radius 2 is 1.42 bits per heavy atom. The van der Waals surface area contributed by atoms with Crippen LogP contribution in [0.4, 0.5) is 0 Å². The van der Waals surface area contributed by atoms with Gasteiger partial charge in [0.2, 0.25) is 12.1 Å². The van der Waals surface area contributed by atoms with Crippen LogP contribution in [0.25, 0.3) is 11.1 Å².